The number of carbonyl (C=O) groups is 1. The predicted molar refractivity (Wildman–Crippen MR) is 105 cm³/mol. The Hall–Kier alpha value is -2.87. The van der Waals surface area contributed by atoms with E-state index >= 15 is 0 Å². The fourth-order valence-electron chi connectivity index (χ4n) is 2.72. The molecule has 2 aromatic carbocycles. The smallest absolute Gasteiger partial charge is 0.416 e. The van der Waals surface area contributed by atoms with Gasteiger partial charge in [-0.1, -0.05) is 18.2 Å². The van der Waals surface area contributed by atoms with Crippen molar-refractivity contribution in [2.24, 2.45) is 5.92 Å². The summed E-state index contributed by atoms with van der Waals surface area (Å²) < 4.78 is 43.8. The molecular formula is C21H17F3N2O2S. The van der Waals surface area contributed by atoms with Gasteiger partial charge in [-0.3, -0.25) is 4.79 Å². The van der Waals surface area contributed by atoms with Crippen molar-refractivity contribution in [3.05, 3.63) is 65.2 Å². The molecule has 0 unspecified atom stereocenters. The second-order valence-corrected chi connectivity index (χ2v) is 7.66. The van der Waals surface area contributed by atoms with E-state index in [1.807, 2.05) is 5.38 Å². The molecule has 1 fully saturated rings. The topological polar surface area (TPSA) is 51.2 Å². The second-order valence-electron chi connectivity index (χ2n) is 6.80. The molecule has 8 heteroatoms. The molecule has 4 nitrogen and oxygen atoms in total. The molecule has 150 valence electrons. The number of halogens is 3. The zero-order valence-corrected chi connectivity index (χ0v) is 16.0. The van der Waals surface area contributed by atoms with Gasteiger partial charge in [0.15, 0.2) is 0 Å². The van der Waals surface area contributed by atoms with Crippen molar-refractivity contribution in [1.82, 2.24) is 4.98 Å². The first-order valence-electron chi connectivity index (χ1n) is 9.04. The van der Waals surface area contributed by atoms with Crippen molar-refractivity contribution >= 4 is 22.9 Å². The van der Waals surface area contributed by atoms with E-state index in [0.29, 0.717) is 27.7 Å². The predicted octanol–water partition coefficient (Wildman–Crippen LogP) is 5.76. The van der Waals surface area contributed by atoms with E-state index in [9.17, 15) is 18.0 Å². The van der Waals surface area contributed by atoms with Crippen molar-refractivity contribution in [3.63, 3.8) is 0 Å². The van der Waals surface area contributed by atoms with Gasteiger partial charge in [-0.15, -0.1) is 11.3 Å². The number of amides is 1. The maximum Gasteiger partial charge on any atom is 0.416 e. The monoisotopic (exact) mass is 418 g/mol. The van der Waals surface area contributed by atoms with Gasteiger partial charge in [0.05, 0.1) is 11.3 Å². The van der Waals surface area contributed by atoms with Crippen LogP contribution in [-0.4, -0.2) is 10.9 Å². The lowest BCUT2D eigenvalue weighted by Crippen LogP contribution is -2.13. The minimum Gasteiger partial charge on any atom is -0.487 e. The number of nitrogens with zero attached hydrogens (tertiary/aromatic N) is 1. The number of carbonyl (C=O) groups excluding carboxylic acids is 1. The van der Waals surface area contributed by atoms with Crippen molar-refractivity contribution in [3.8, 4) is 16.3 Å². The molecule has 29 heavy (non-hydrogen) atoms. The standard InChI is InChI=1S/C21H17F3N2O2S/c22-21(23,24)15-8-6-14(7-9-15)20-26-17(12-29-20)11-28-18-3-1-2-16(10-18)25-19(27)13-4-5-13/h1-3,6-10,12-13H,4-5,11H2,(H,25,27). The third-order valence-electron chi connectivity index (χ3n) is 4.45. The normalized spacial score (nSPS) is 13.9. The first-order valence-corrected chi connectivity index (χ1v) is 9.92. The highest BCUT2D eigenvalue weighted by Gasteiger charge is 2.30. The molecule has 1 N–H and O–H groups in total. The summed E-state index contributed by atoms with van der Waals surface area (Å²) in [5.41, 5.74) is 1.30. The maximum absolute atomic E-state index is 12.7. The molecule has 0 atom stereocenters. The first-order chi connectivity index (χ1) is 13.9. The molecule has 1 heterocycles. The summed E-state index contributed by atoms with van der Waals surface area (Å²) in [6.07, 6.45) is -2.48. The average molecular weight is 418 g/mol. The third-order valence-corrected chi connectivity index (χ3v) is 5.39. The fraction of sp³-hybridized carbons (Fsp3) is 0.238. The molecule has 0 bridgehead atoms. The van der Waals surface area contributed by atoms with Crippen LogP contribution in [0.3, 0.4) is 0 Å². The van der Waals surface area contributed by atoms with Crippen LogP contribution in [0, 0.1) is 5.92 Å². The van der Waals surface area contributed by atoms with Crippen molar-refractivity contribution in [1.29, 1.82) is 0 Å². The average Bonchev–Trinajstić information content (AvgIpc) is 3.44. The van der Waals surface area contributed by atoms with E-state index in [1.54, 1.807) is 24.3 Å². The van der Waals surface area contributed by atoms with Crippen LogP contribution in [0.1, 0.15) is 24.1 Å². The first kappa shape index (κ1) is 19.4. The highest BCUT2D eigenvalue weighted by molar-refractivity contribution is 7.13. The van der Waals surface area contributed by atoms with Crippen LogP contribution in [0.15, 0.2) is 53.9 Å². The summed E-state index contributed by atoms with van der Waals surface area (Å²) in [6.45, 7) is 0.219. The van der Waals surface area contributed by atoms with Gasteiger partial charge in [0, 0.05) is 28.6 Å². The second kappa shape index (κ2) is 7.87. The number of ether oxygens (including phenoxy) is 1. The third kappa shape index (κ3) is 4.95. The Bertz CT molecular complexity index is 1010. The lowest BCUT2D eigenvalue weighted by Gasteiger charge is -2.08. The van der Waals surface area contributed by atoms with E-state index < -0.39 is 11.7 Å². The number of rotatable bonds is 6. The van der Waals surface area contributed by atoms with Crippen LogP contribution >= 0.6 is 11.3 Å². The number of thiazole rings is 1. The Kier molecular flexibility index (Phi) is 5.27. The maximum atomic E-state index is 12.7. The molecule has 0 saturated heterocycles. The minimum absolute atomic E-state index is 0.0304. The Morgan fingerprint density at radius 3 is 2.62 bits per heavy atom. The summed E-state index contributed by atoms with van der Waals surface area (Å²) in [6, 6.07) is 12.1. The Labute approximate surface area is 169 Å². The summed E-state index contributed by atoms with van der Waals surface area (Å²) in [5.74, 6) is 0.753. The number of hydrogen-bond donors (Lipinski definition) is 1. The van der Waals surface area contributed by atoms with Crippen LogP contribution in [-0.2, 0) is 17.6 Å². The van der Waals surface area contributed by atoms with E-state index in [2.05, 4.69) is 10.3 Å². The molecule has 1 aliphatic carbocycles. The van der Waals surface area contributed by atoms with Gasteiger partial charge >= 0.3 is 6.18 Å². The zero-order chi connectivity index (χ0) is 20.4. The van der Waals surface area contributed by atoms with Crippen molar-refractivity contribution in [2.75, 3.05) is 5.32 Å². The van der Waals surface area contributed by atoms with E-state index in [4.69, 9.17) is 4.74 Å². The quantitative estimate of drug-likeness (QED) is 0.554. The number of benzene rings is 2. The molecule has 0 aliphatic heterocycles. The number of hydrogen-bond acceptors (Lipinski definition) is 4. The van der Waals surface area contributed by atoms with Crippen LogP contribution in [0.5, 0.6) is 5.75 Å². The van der Waals surface area contributed by atoms with Gasteiger partial charge < -0.3 is 10.1 Å². The number of anilines is 1. The van der Waals surface area contributed by atoms with Gasteiger partial charge in [-0.05, 0) is 37.1 Å². The lowest BCUT2D eigenvalue weighted by molar-refractivity contribution is -0.137. The molecule has 0 spiro atoms. The molecule has 1 aromatic heterocycles. The van der Waals surface area contributed by atoms with E-state index in [0.717, 1.165) is 25.0 Å². The van der Waals surface area contributed by atoms with Gasteiger partial charge in [0.25, 0.3) is 0 Å². The number of alkyl halides is 3. The Morgan fingerprint density at radius 2 is 1.93 bits per heavy atom. The highest BCUT2D eigenvalue weighted by Crippen LogP contribution is 2.32. The number of aromatic nitrogens is 1. The minimum atomic E-state index is -4.35. The Balaban J connectivity index is 1.37. The lowest BCUT2D eigenvalue weighted by atomic mass is 10.1. The van der Waals surface area contributed by atoms with Gasteiger partial charge in [0.2, 0.25) is 5.91 Å². The van der Waals surface area contributed by atoms with Gasteiger partial charge in [-0.25, -0.2) is 4.98 Å². The molecule has 3 aromatic rings. The molecule has 1 amide bonds. The summed E-state index contributed by atoms with van der Waals surface area (Å²) in [7, 11) is 0. The van der Waals surface area contributed by atoms with Crippen LogP contribution in [0.2, 0.25) is 0 Å². The van der Waals surface area contributed by atoms with E-state index in [-0.39, 0.29) is 18.4 Å². The van der Waals surface area contributed by atoms with Crippen LogP contribution < -0.4 is 10.1 Å². The van der Waals surface area contributed by atoms with Crippen molar-refractivity contribution in [2.45, 2.75) is 25.6 Å². The molecule has 1 aliphatic rings. The van der Waals surface area contributed by atoms with Gasteiger partial charge in [0.1, 0.15) is 17.4 Å². The van der Waals surface area contributed by atoms with Crippen molar-refractivity contribution < 1.29 is 22.7 Å². The zero-order valence-electron chi connectivity index (χ0n) is 15.2. The largest absolute Gasteiger partial charge is 0.487 e. The molecule has 4 rings (SSSR count). The SMILES string of the molecule is O=C(Nc1cccc(OCc2csc(-c3ccc(C(F)(F)F)cc3)n2)c1)C1CC1. The fourth-order valence-corrected chi connectivity index (χ4v) is 3.53. The summed E-state index contributed by atoms with van der Waals surface area (Å²) in [4.78, 5) is 16.3. The highest BCUT2D eigenvalue weighted by atomic mass is 32.1. The van der Waals surface area contributed by atoms with Crippen LogP contribution in [0.25, 0.3) is 10.6 Å². The molecular weight excluding hydrogens is 401 g/mol. The molecule has 1 saturated carbocycles. The van der Waals surface area contributed by atoms with Gasteiger partial charge in [-0.2, -0.15) is 13.2 Å². The summed E-state index contributed by atoms with van der Waals surface area (Å²) in [5, 5.41) is 5.31. The van der Waals surface area contributed by atoms with Crippen LogP contribution in [0.4, 0.5) is 18.9 Å². The Morgan fingerprint density at radius 1 is 1.17 bits per heavy atom. The molecule has 0 radical (unpaired) electrons. The number of nitrogens with one attached hydrogen (secondary N) is 1. The van der Waals surface area contributed by atoms with E-state index in [1.165, 1.54) is 23.5 Å². The summed E-state index contributed by atoms with van der Waals surface area (Å²) >= 11 is 1.34.